The third-order valence-electron chi connectivity index (χ3n) is 7.73. The summed E-state index contributed by atoms with van der Waals surface area (Å²) >= 11 is 0. The molecule has 1 amide bonds. The second kappa shape index (κ2) is 8.33. The first-order valence-electron chi connectivity index (χ1n) is 10.9. The second-order valence-electron chi connectivity index (χ2n) is 10.7. The van der Waals surface area contributed by atoms with Crippen LogP contribution in [0.15, 0.2) is 24.3 Å². The van der Waals surface area contributed by atoms with Gasteiger partial charge in [-0.05, 0) is 41.0 Å². The van der Waals surface area contributed by atoms with E-state index in [2.05, 4.69) is 45.6 Å². The first-order chi connectivity index (χ1) is 14.4. The van der Waals surface area contributed by atoms with Crippen LogP contribution in [0.25, 0.3) is 0 Å². The van der Waals surface area contributed by atoms with Crippen molar-refractivity contribution in [3.63, 3.8) is 0 Å². The molecule has 1 aromatic carbocycles. The van der Waals surface area contributed by atoms with Gasteiger partial charge in [0.2, 0.25) is 0 Å². The van der Waals surface area contributed by atoms with Gasteiger partial charge in [-0.2, -0.15) is 5.26 Å². The Labute approximate surface area is 185 Å². The largest absolute Gasteiger partial charge is 0.491 e. The van der Waals surface area contributed by atoms with Gasteiger partial charge in [-0.3, -0.25) is 4.90 Å². The van der Waals surface area contributed by atoms with Crippen LogP contribution in [0.4, 0.5) is 4.79 Å². The predicted octanol–water partition coefficient (Wildman–Crippen LogP) is 3.28. The molecule has 170 valence electrons. The molecule has 7 nitrogen and oxygen atoms in total. The van der Waals surface area contributed by atoms with Gasteiger partial charge in [-0.15, -0.1) is 0 Å². The van der Waals surface area contributed by atoms with Crippen molar-refractivity contribution in [1.82, 2.24) is 9.80 Å². The predicted molar refractivity (Wildman–Crippen MR) is 118 cm³/mol. The van der Waals surface area contributed by atoms with E-state index in [4.69, 9.17) is 10.00 Å². The van der Waals surface area contributed by atoms with Crippen molar-refractivity contribution in [3.8, 4) is 11.8 Å². The smallest absolute Gasteiger partial charge is 0.407 e. The lowest BCUT2D eigenvalue weighted by atomic mass is 9.46. The van der Waals surface area contributed by atoms with Crippen LogP contribution in [0.1, 0.15) is 40.2 Å². The Bertz CT molecular complexity index is 840. The standard InChI is InChI=1S/C24H35N3O4/c1-22(2,3)24-15-26(11-18(23(24,4)5)12-27(16-24)21(29)30)13-19(28)14-31-20-8-6-17(10-25)7-9-20/h6-9,18-19,28H,11-16H2,1-5H3,(H,29,30). The Morgan fingerprint density at radius 2 is 1.90 bits per heavy atom. The molecule has 2 saturated heterocycles. The summed E-state index contributed by atoms with van der Waals surface area (Å²) < 4.78 is 5.71. The summed E-state index contributed by atoms with van der Waals surface area (Å²) in [5, 5.41) is 29.3. The van der Waals surface area contributed by atoms with Crippen molar-refractivity contribution in [2.24, 2.45) is 22.2 Å². The quantitative estimate of drug-likeness (QED) is 0.746. The molecule has 0 spiro atoms. The fraction of sp³-hybridized carbons (Fsp3) is 0.667. The van der Waals surface area contributed by atoms with Gasteiger partial charge < -0.3 is 19.8 Å². The average molecular weight is 430 g/mol. The number of piperidine rings is 2. The minimum Gasteiger partial charge on any atom is -0.491 e. The van der Waals surface area contributed by atoms with E-state index < -0.39 is 12.2 Å². The molecule has 0 aromatic heterocycles. The number of β-amino-alcohol motifs (C(OH)–C–C–N with tert-alkyl or cyclic N) is 1. The number of aliphatic hydroxyl groups excluding tert-OH is 1. The first kappa shape index (κ1) is 23.4. The molecular weight excluding hydrogens is 394 g/mol. The highest BCUT2D eigenvalue weighted by Crippen LogP contribution is 2.60. The molecule has 2 heterocycles. The first-order valence-corrected chi connectivity index (χ1v) is 10.9. The molecule has 3 rings (SSSR count). The summed E-state index contributed by atoms with van der Waals surface area (Å²) in [5.74, 6) is 0.815. The molecule has 0 radical (unpaired) electrons. The number of benzene rings is 1. The number of hydrogen-bond acceptors (Lipinski definition) is 5. The normalized spacial score (nSPS) is 26.7. The van der Waals surface area contributed by atoms with Gasteiger partial charge in [0.25, 0.3) is 0 Å². The molecule has 1 aromatic rings. The molecule has 7 heteroatoms. The molecule has 2 fully saturated rings. The van der Waals surface area contributed by atoms with E-state index >= 15 is 0 Å². The van der Waals surface area contributed by atoms with Crippen LogP contribution in [-0.4, -0.2) is 71.5 Å². The number of rotatable bonds is 5. The van der Waals surface area contributed by atoms with Gasteiger partial charge in [0.15, 0.2) is 0 Å². The molecule has 2 bridgehead atoms. The second-order valence-corrected chi connectivity index (χ2v) is 10.7. The van der Waals surface area contributed by atoms with E-state index in [-0.39, 0.29) is 28.8 Å². The average Bonchev–Trinajstić information content (AvgIpc) is 2.66. The zero-order chi connectivity index (χ0) is 23.0. The van der Waals surface area contributed by atoms with Gasteiger partial charge in [-0.1, -0.05) is 34.6 Å². The Balaban J connectivity index is 1.71. The number of carbonyl (C=O) groups is 1. The highest BCUT2D eigenvalue weighted by molar-refractivity contribution is 5.65. The third-order valence-corrected chi connectivity index (χ3v) is 7.73. The molecule has 0 saturated carbocycles. The van der Waals surface area contributed by atoms with E-state index in [9.17, 15) is 15.0 Å². The molecule has 2 aliphatic heterocycles. The van der Waals surface area contributed by atoms with Gasteiger partial charge >= 0.3 is 6.09 Å². The third kappa shape index (κ3) is 4.37. The highest BCUT2D eigenvalue weighted by Gasteiger charge is 2.62. The van der Waals surface area contributed by atoms with Crippen LogP contribution in [0.3, 0.4) is 0 Å². The summed E-state index contributed by atoms with van der Waals surface area (Å²) in [6.45, 7) is 14.3. The summed E-state index contributed by atoms with van der Waals surface area (Å²) in [6.07, 6.45) is -1.51. The fourth-order valence-corrected chi connectivity index (χ4v) is 5.67. The van der Waals surface area contributed by atoms with E-state index in [0.717, 1.165) is 13.1 Å². The van der Waals surface area contributed by atoms with Crippen LogP contribution < -0.4 is 4.74 Å². The fourth-order valence-electron chi connectivity index (χ4n) is 5.67. The summed E-state index contributed by atoms with van der Waals surface area (Å²) in [6, 6.07) is 8.92. The Hall–Kier alpha value is -2.30. The number of nitrogens with zero attached hydrogens (tertiary/aromatic N) is 3. The van der Waals surface area contributed by atoms with Gasteiger partial charge in [0.05, 0.1) is 11.6 Å². The minimum atomic E-state index is -0.849. The van der Waals surface area contributed by atoms with Gasteiger partial charge in [-0.25, -0.2) is 4.79 Å². The van der Waals surface area contributed by atoms with E-state index in [1.165, 1.54) is 0 Å². The maximum Gasteiger partial charge on any atom is 0.407 e. The zero-order valence-electron chi connectivity index (χ0n) is 19.3. The monoisotopic (exact) mass is 429 g/mol. The topological polar surface area (TPSA) is 97.0 Å². The molecule has 31 heavy (non-hydrogen) atoms. The molecule has 2 aliphatic rings. The molecule has 0 aliphatic carbocycles. The van der Waals surface area contributed by atoms with Gasteiger partial charge in [0, 0.05) is 38.1 Å². The van der Waals surface area contributed by atoms with Crippen molar-refractivity contribution < 1.29 is 19.7 Å². The van der Waals surface area contributed by atoms with Crippen LogP contribution in [-0.2, 0) is 0 Å². The van der Waals surface area contributed by atoms with E-state index in [1.54, 1.807) is 29.2 Å². The SMILES string of the molecule is CC(C)(C)C12CN(CC(O)COc3ccc(C#N)cc3)CC(CN(C(=O)O)C1)C2(C)C. The van der Waals surface area contributed by atoms with Crippen molar-refractivity contribution in [2.45, 2.75) is 40.7 Å². The number of carboxylic acid groups (broad SMARTS) is 1. The highest BCUT2D eigenvalue weighted by atomic mass is 16.5. The van der Waals surface area contributed by atoms with E-state index in [0.29, 0.717) is 30.9 Å². The lowest BCUT2D eigenvalue weighted by molar-refractivity contribution is -0.187. The zero-order valence-corrected chi connectivity index (χ0v) is 19.3. The lowest BCUT2D eigenvalue weighted by Gasteiger charge is -2.67. The van der Waals surface area contributed by atoms with Gasteiger partial charge in [0.1, 0.15) is 18.5 Å². The van der Waals surface area contributed by atoms with Crippen molar-refractivity contribution in [3.05, 3.63) is 29.8 Å². The molecule has 3 atom stereocenters. The summed E-state index contributed by atoms with van der Waals surface area (Å²) in [5.41, 5.74) is 0.217. The number of aliphatic hydroxyl groups is 1. The number of fused-ring (bicyclic) bond motifs is 2. The van der Waals surface area contributed by atoms with Crippen LogP contribution in [0.2, 0.25) is 0 Å². The Morgan fingerprint density at radius 3 is 2.45 bits per heavy atom. The number of likely N-dealkylation sites (tertiary alicyclic amines) is 2. The molecule has 2 N–H and O–H groups in total. The number of ether oxygens (including phenoxy) is 1. The summed E-state index contributed by atoms with van der Waals surface area (Å²) in [7, 11) is 0. The van der Waals surface area contributed by atoms with Crippen molar-refractivity contribution in [2.75, 3.05) is 39.3 Å². The lowest BCUT2D eigenvalue weighted by Crippen LogP contribution is -2.72. The Morgan fingerprint density at radius 1 is 1.26 bits per heavy atom. The molecular formula is C24H35N3O4. The summed E-state index contributed by atoms with van der Waals surface area (Å²) in [4.78, 5) is 15.7. The van der Waals surface area contributed by atoms with E-state index in [1.807, 2.05) is 0 Å². The van der Waals surface area contributed by atoms with Crippen LogP contribution in [0.5, 0.6) is 5.75 Å². The minimum absolute atomic E-state index is 0.0162. The van der Waals surface area contributed by atoms with Crippen LogP contribution >= 0.6 is 0 Å². The number of amides is 1. The molecule has 3 unspecified atom stereocenters. The van der Waals surface area contributed by atoms with Crippen LogP contribution in [0, 0.1) is 33.5 Å². The van der Waals surface area contributed by atoms with Crippen molar-refractivity contribution in [1.29, 1.82) is 5.26 Å². The number of nitriles is 1. The maximum absolute atomic E-state index is 11.8. The number of hydrogen-bond donors (Lipinski definition) is 2. The van der Waals surface area contributed by atoms with Crippen molar-refractivity contribution >= 4 is 6.09 Å². The Kier molecular flexibility index (Phi) is 6.28. The maximum atomic E-state index is 11.8.